The van der Waals surface area contributed by atoms with Crippen LogP contribution in [0.5, 0.6) is 5.75 Å². The van der Waals surface area contributed by atoms with Crippen molar-refractivity contribution in [3.8, 4) is 5.75 Å². The number of amides is 1. The van der Waals surface area contributed by atoms with Crippen molar-refractivity contribution in [3.05, 3.63) is 29.8 Å². The maximum Gasteiger partial charge on any atom is 1.00 e. The summed E-state index contributed by atoms with van der Waals surface area (Å²) in [5.74, 6) is -1.74. The van der Waals surface area contributed by atoms with Crippen LogP contribution >= 0.6 is 0 Å². The summed E-state index contributed by atoms with van der Waals surface area (Å²) in [6.45, 7) is 0.831. The van der Waals surface area contributed by atoms with Gasteiger partial charge in [-0.3, -0.25) is 14.4 Å². The van der Waals surface area contributed by atoms with Crippen LogP contribution in [-0.2, 0) is 9.59 Å². The Morgan fingerprint density at radius 1 is 1.28 bits per heavy atom. The zero-order valence-corrected chi connectivity index (χ0v) is 10.1. The van der Waals surface area contributed by atoms with E-state index in [0.717, 1.165) is 0 Å². The maximum absolute atomic E-state index is 11.4. The van der Waals surface area contributed by atoms with Crippen molar-refractivity contribution in [1.29, 1.82) is 0 Å². The van der Waals surface area contributed by atoms with Gasteiger partial charge < -0.3 is 16.6 Å². The van der Waals surface area contributed by atoms with Crippen LogP contribution in [0.1, 0.15) is 18.7 Å². The predicted octanol–water partition coefficient (Wildman–Crippen LogP) is -2.46. The van der Waals surface area contributed by atoms with E-state index in [1.54, 1.807) is 0 Å². The molecule has 7 heteroatoms. The number of nitrogens with one attached hydrogen (secondary N) is 1. The van der Waals surface area contributed by atoms with Crippen molar-refractivity contribution in [3.63, 3.8) is 0 Å². The fourth-order valence-electron chi connectivity index (χ4n) is 1.10. The number of ether oxygens (including phenoxy) is 1. The van der Waals surface area contributed by atoms with Crippen molar-refractivity contribution >= 4 is 17.8 Å². The third-order valence-corrected chi connectivity index (χ3v) is 1.78. The Morgan fingerprint density at radius 3 is 2.28 bits per heavy atom. The summed E-state index contributed by atoms with van der Waals surface area (Å²) in [5, 5.41) is 10.6. The molecule has 0 aliphatic rings. The average Bonchev–Trinajstić information content (AvgIpc) is 2.26. The molecule has 1 rings (SSSR count). The zero-order valence-electron chi connectivity index (χ0n) is 11.1. The Labute approximate surface area is 117 Å². The van der Waals surface area contributed by atoms with Crippen LogP contribution in [0.2, 0.25) is 0 Å². The number of esters is 1. The molecule has 0 saturated carbocycles. The van der Waals surface area contributed by atoms with E-state index in [9.17, 15) is 14.4 Å². The van der Waals surface area contributed by atoms with Crippen molar-refractivity contribution in [1.82, 2.24) is 5.32 Å². The van der Waals surface area contributed by atoms with E-state index in [1.165, 1.54) is 31.2 Å². The first-order chi connectivity index (χ1) is 7.99. The van der Waals surface area contributed by atoms with Crippen LogP contribution in [0.25, 0.3) is 0 Å². The van der Waals surface area contributed by atoms with Crippen LogP contribution in [0.15, 0.2) is 24.3 Å². The minimum atomic E-state index is -1.12. The quantitative estimate of drug-likeness (QED) is 0.349. The first kappa shape index (κ1) is 16.2. The molecule has 0 aliphatic carbocycles. The molecule has 92 valence electrons. The Hall–Kier alpha value is -1.77. The molecule has 0 radical (unpaired) electrons. The molecule has 1 amide bonds. The molecule has 0 unspecified atom stereocenters. The Balaban J connectivity index is 0. The minimum Gasteiger partial charge on any atom is -1.00 e. The topological polar surface area (TPSA) is 92.7 Å². The van der Waals surface area contributed by atoms with Gasteiger partial charge in [0, 0.05) is 12.5 Å². The van der Waals surface area contributed by atoms with Gasteiger partial charge in [-0.1, -0.05) is 0 Å². The van der Waals surface area contributed by atoms with Gasteiger partial charge in [0.25, 0.3) is 5.91 Å². The molecule has 1 aromatic rings. The Bertz CT molecular complexity index is 449. The number of carboxylic acid groups (broad SMARTS) is 1. The van der Waals surface area contributed by atoms with Gasteiger partial charge in [0.05, 0.1) is 0 Å². The van der Waals surface area contributed by atoms with Gasteiger partial charge in [-0.05, 0) is 24.3 Å². The van der Waals surface area contributed by atoms with Crippen LogP contribution < -0.4 is 28.9 Å². The van der Waals surface area contributed by atoms with Crippen LogP contribution in [0, 0.1) is 0 Å². The summed E-state index contributed by atoms with van der Waals surface area (Å²) in [4.78, 5) is 32.3. The van der Waals surface area contributed by atoms with Crippen LogP contribution in [0.3, 0.4) is 0 Å². The second-order valence-corrected chi connectivity index (χ2v) is 3.19. The summed E-state index contributed by atoms with van der Waals surface area (Å²) < 4.78 is 4.78. The van der Waals surface area contributed by atoms with Gasteiger partial charge >= 0.3 is 30.8 Å². The molecule has 2 N–H and O–H groups in total. The molecule has 0 spiro atoms. The molecule has 1 aromatic carbocycles. The maximum atomic E-state index is 11.4. The summed E-state index contributed by atoms with van der Waals surface area (Å²) >= 11 is 0. The van der Waals surface area contributed by atoms with Crippen molar-refractivity contribution < 1.29 is 44.5 Å². The first-order valence-electron chi connectivity index (χ1n) is 4.77. The number of aliphatic carboxylic acids is 1. The number of hydrogen-bond donors (Lipinski definition) is 2. The van der Waals surface area contributed by atoms with Crippen LogP contribution in [0.4, 0.5) is 0 Å². The van der Waals surface area contributed by atoms with E-state index in [1.807, 2.05) is 0 Å². The monoisotopic (exact) mass is 245 g/mol. The summed E-state index contributed by atoms with van der Waals surface area (Å²) in [7, 11) is 0. The molecule has 0 fully saturated rings. The SMILES string of the molecule is CC(=O)Oc1ccc(C(=O)NCC(=O)O)cc1.[H-].[Li+]. The van der Waals surface area contributed by atoms with Gasteiger partial charge in [-0.15, -0.1) is 0 Å². The fraction of sp³-hybridized carbons (Fsp3) is 0.182. The number of carbonyl (C=O) groups is 3. The number of carbonyl (C=O) groups excluding carboxylic acids is 2. The Kier molecular flexibility index (Phi) is 6.79. The standard InChI is InChI=1S/C11H11NO5.Li.H/c1-7(13)17-9-4-2-8(3-5-9)11(16)12-6-10(14)15;;/h2-5H,6H2,1H3,(H,12,16)(H,14,15);;/q;+1;-1. The average molecular weight is 245 g/mol. The van der Waals surface area contributed by atoms with E-state index < -0.39 is 24.4 Å². The fourth-order valence-corrected chi connectivity index (χ4v) is 1.10. The van der Waals surface area contributed by atoms with Crippen LogP contribution in [-0.4, -0.2) is 29.5 Å². The van der Waals surface area contributed by atoms with Crippen molar-refractivity contribution in [2.24, 2.45) is 0 Å². The molecule has 18 heavy (non-hydrogen) atoms. The molecular weight excluding hydrogens is 233 g/mol. The summed E-state index contributed by atoms with van der Waals surface area (Å²) in [6.07, 6.45) is 0. The molecule has 0 aliphatic heterocycles. The largest absolute Gasteiger partial charge is 1.00 e. The molecule has 0 bridgehead atoms. The van der Waals surface area contributed by atoms with E-state index in [4.69, 9.17) is 9.84 Å². The minimum absolute atomic E-state index is 0. The van der Waals surface area contributed by atoms with Gasteiger partial charge in [0.1, 0.15) is 12.3 Å². The summed E-state index contributed by atoms with van der Waals surface area (Å²) in [6, 6.07) is 5.79. The summed E-state index contributed by atoms with van der Waals surface area (Å²) in [5.41, 5.74) is 0.294. The third kappa shape index (κ3) is 5.52. The molecule has 6 nitrogen and oxygen atoms in total. The van der Waals surface area contributed by atoms with Gasteiger partial charge in [-0.2, -0.15) is 0 Å². The predicted molar refractivity (Wildman–Crippen MR) is 58.8 cm³/mol. The zero-order chi connectivity index (χ0) is 12.8. The van der Waals surface area contributed by atoms with Crippen molar-refractivity contribution in [2.45, 2.75) is 6.92 Å². The van der Waals surface area contributed by atoms with Gasteiger partial charge in [-0.25, -0.2) is 0 Å². The third-order valence-electron chi connectivity index (χ3n) is 1.78. The molecular formula is C11H12LiNO5. The first-order valence-corrected chi connectivity index (χ1v) is 4.77. The number of carboxylic acids is 1. The van der Waals surface area contributed by atoms with E-state index in [0.29, 0.717) is 11.3 Å². The van der Waals surface area contributed by atoms with E-state index >= 15 is 0 Å². The number of hydrogen-bond acceptors (Lipinski definition) is 4. The van der Waals surface area contributed by atoms with Crippen molar-refractivity contribution in [2.75, 3.05) is 6.54 Å². The molecule has 0 aromatic heterocycles. The van der Waals surface area contributed by atoms with E-state index in [-0.39, 0.29) is 20.3 Å². The molecule has 0 atom stereocenters. The molecule has 0 saturated heterocycles. The normalized spacial score (nSPS) is 8.94. The van der Waals surface area contributed by atoms with E-state index in [2.05, 4.69) is 5.32 Å². The molecule has 0 heterocycles. The Morgan fingerprint density at radius 2 is 1.83 bits per heavy atom. The second-order valence-electron chi connectivity index (χ2n) is 3.19. The smallest absolute Gasteiger partial charge is 1.00 e. The van der Waals surface area contributed by atoms with Gasteiger partial charge in [0.2, 0.25) is 0 Å². The number of benzene rings is 1. The second kappa shape index (κ2) is 7.53. The number of rotatable bonds is 4. The van der Waals surface area contributed by atoms with Gasteiger partial charge in [0.15, 0.2) is 0 Å².